The average molecular weight is 930 g/mol. The van der Waals surface area contributed by atoms with Crippen LogP contribution in [0.3, 0.4) is 0 Å². The maximum Gasteiger partial charge on any atom is 0.306 e. The lowest BCUT2D eigenvalue weighted by molar-refractivity contribution is -0.870. The molecule has 384 valence electrons. The second-order valence-corrected chi connectivity index (χ2v) is 22.1. The van der Waals surface area contributed by atoms with E-state index < -0.39 is 13.9 Å². The van der Waals surface area contributed by atoms with E-state index in [-0.39, 0.29) is 25.8 Å². The first-order valence-electron chi connectivity index (χ1n) is 28.3. The monoisotopic (exact) mass is 930 g/mol. The van der Waals surface area contributed by atoms with E-state index in [0.29, 0.717) is 24.1 Å². The van der Waals surface area contributed by atoms with Crippen LogP contribution < -0.4 is 4.89 Å². The average Bonchev–Trinajstić information content (AvgIpc) is 3.25. The molecule has 0 aromatic carbocycles. The third kappa shape index (κ3) is 52.5. The molecule has 0 radical (unpaired) electrons. The molecule has 0 aromatic heterocycles. The SMILES string of the molecule is CCCCCCCCCCCCCCCCCCCCCCCCCCCCCCC(=O)O[C@H](COCCCCCCCCCCCCCCCC)COP(=O)([O-])OCC[N+](C)(C)C. The van der Waals surface area contributed by atoms with Crippen LogP contribution in [0, 0.1) is 0 Å². The molecule has 64 heavy (non-hydrogen) atoms. The van der Waals surface area contributed by atoms with Crippen molar-refractivity contribution < 1.29 is 37.3 Å². The molecule has 0 rings (SSSR count). The van der Waals surface area contributed by atoms with Gasteiger partial charge in [-0.1, -0.05) is 271 Å². The van der Waals surface area contributed by atoms with Crippen LogP contribution in [0.5, 0.6) is 0 Å². The number of nitrogens with zero attached hydrogens (tertiary/aromatic N) is 1. The van der Waals surface area contributed by atoms with Crippen molar-refractivity contribution in [3.8, 4) is 0 Å². The molecule has 0 spiro atoms. The van der Waals surface area contributed by atoms with Crippen LogP contribution in [0.15, 0.2) is 0 Å². The highest BCUT2D eigenvalue weighted by atomic mass is 31.2. The van der Waals surface area contributed by atoms with Gasteiger partial charge < -0.3 is 27.9 Å². The Balaban J connectivity index is 3.93. The molecule has 2 atom stereocenters. The number of carbonyl (C=O) groups excluding carboxylic acids is 1. The quantitative estimate of drug-likeness (QED) is 0.0259. The van der Waals surface area contributed by atoms with Crippen LogP contribution in [0.4, 0.5) is 0 Å². The largest absolute Gasteiger partial charge is 0.756 e. The summed E-state index contributed by atoms with van der Waals surface area (Å²) in [5.41, 5.74) is 0. The van der Waals surface area contributed by atoms with Crippen molar-refractivity contribution in [2.75, 3.05) is 54.1 Å². The molecule has 0 aliphatic carbocycles. The number of phosphoric acid groups is 1. The third-order valence-corrected chi connectivity index (χ3v) is 13.9. The summed E-state index contributed by atoms with van der Waals surface area (Å²) in [6, 6.07) is 0. The smallest absolute Gasteiger partial charge is 0.306 e. The van der Waals surface area contributed by atoms with Crippen LogP contribution in [-0.4, -0.2) is 70.7 Å². The van der Waals surface area contributed by atoms with Gasteiger partial charge in [0, 0.05) is 13.0 Å². The van der Waals surface area contributed by atoms with Crippen LogP contribution in [0.2, 0.25) is 0 Å². The number of likely N-dealkylation sites (N-methyl/N-ethyl adjacent to an activating group) is 1. The number of esters is 1. The molecule has 0 bridgehead atoms. The molecular formula is C55H112NO7P. The first-order valence-corrected chi connectivity index (χ1v) is 29.7. The summed E-state index contributed by atoms with van der Waals surface area (Å²) in [6.07, 6.45) is 55.8. The van der Waals surface area contributed by atoms with Gasteiger partial charge in [0.25, 0.3) is 7.82 Å². The molecule has 0 heterocycles. The number of carbonyl (C=O) groups is 1. The molecule has 0 saturated carbocycles. The minimum atomic E-state index is -4.52. The third-order valence-electron chi connectivity index (χ3n) is 12.9. The Labute approximate surface area is 399 Å². The predicted molar refractivity (Wildman–Crippen MR) is 273 cm³/mol. The standard InChI is InChI=1S/C55H112NO7P/c1-6-8-10-12-14-16-18-20-22-23-24-25-26-27-28-29-30-31-32-33-34-35-36-38-40-42-44-46-48-55(57)63-54(53-62-64(58,59)61-51-49-56(3,4)5)52-60-50-47-45-43-41-39-37-21-19-17-15-13-11-9-7-2/h54H,6-53H2,1-5H3/t54-/m1/s1. The highest BCUT2D eigenvalue weighted by Crippen LogP contribution is 2.38. The number of phosphoric ester groups is 1. The Morgan fingerprint density at radius 1 is 0.422 bits per heavy atom. The van der Waals surface area contributed by atoms with Gasteiger partial charge in [0.1, 0.15) is 19.3 Å². The molecule has 0 N–H and O–H groups in total. The normalized spacial score (nSPS) is 13.4. The van der Waals surface area contributed by atoms with Gasteiger partial charge in [-0.05, 0) is 12.8 Å². The summed E-state index contributed by atoms with van der Waals surface area (Å²) < 4.78 is 34.8. The minimum Gasteiger partial charge on any atom is -0.756 e. The Kier molecular flexibility index (Phi) is 48.6. The fourth-order valence-corrected chi connectivity index (χ4v) is 9.28. The van der Waals surface area contributed by atoms with E-state index >= 15 is 0 Å². The number of unbranched alkanes of at least 4 members (excludes halogenated alkanes) is 40. The zero-order valence-electron chi connectivity index (χ0n) is 43.8. The van der Waals surface area contributed by atoms with Crippen molar-refractivity contribution in [1.82, 2.24) is 0 Å². The van der Waals surface area contributed by atoms with Crippen molar-refractivity contribution in [3.63, 3.8) is 0 Å². The number of quaternary nitrogens is 1. The van der Waals surface area contributed by atoms with Gasteiger partial charge in [-0.25, -0.2) is 0 Å². The van der Waals surface area contributed by atoms with Crippen LogP contribution >= 0.6 is 7.82 Å². The fourth-order valence-electron chi connectivity index (χ4n) is 8.55. The number of hydrogen-bond acceptors (Lipinski definition) is 7. The molecule has 8 nitrogen and oxygen atoms in total. The molecule has 1 unspecified atom stereocenters. The van der Waals surface area contributed by atoms with Gasteiger partial charge in [0.15, 0.2) is 0 Å². The van der Waals surface area contributed by atoms with Crippen molar-refractivity contribution >= 4 is 13.8 Å². The maximum atomic E-state index is 12.8. The lowest BCUT2D eigenvalue weighted by atomic mass is 10.0. The van der Waals surface area contributed by atoms with E-state index in [9.17, 15) is 14.3 Å². The summed E-state index contributed by atoms with van der Waals surface area (Å²) in [6.45, 7) is 5.50. The van der Waals surface area contributed by atoms with Crippen LogP contribution in [0.1, 0.15) is 290 Å². The maximum absolute atomic E-state index is 12.8. The van der Waals surface area contributed by atoms with E-state index in [1.165, 1.54) is 238 Å². The molecule has 0 aromatic rings. The molecule has 0 aliphatic heterocycles. The highest BCUT2D eigenvalue weighted by Gasteiger charge is 2.20. The van der Waals surface area contributed by atoms with Crippen molar-refractivity contribution in [1.29, 1.82) is 0 Å². The fraction of sp³-hybridized carbons (Fsp3) is 0.982. The van der Waals surface area contributed by atoms with Crippen LogP contribution in [-0.2, 0) is 27.9 Å². The number of hydrogen-bond donors (Lipinski definition) is 0. The van der Waals surface area contributed by atoms with Gasteiger partial charge >= 0.3 is 5.97 Å². The Bertz CT molecular complexity index is 992. The van der Waals surface area contributed by atoms with Crippen molar-refractivity contribution in [2.45, 2.75) is 296 Å². The molecule has 0 aliphatic rings. The lowest BCUT2D eigenvalue weighted by Crippen LogP contribution is -2.37. The first-order chi connectivity index (χ1) is 31.1. The van der Waals surface area contributed by atoms with Gasteiger partial charge in [0.05, 0.1) is 34.4 Å². The predicted octanol–water partition coefficient (Wildman–Crippen LogP) is 16.9. The Morgan fingerprint density at radius 2 is 0.719 bits per heavy atom. The van der Waals surface area contributed by atoms with Crippen molar-refractivity contribution in [3.05, 3.63) is 0 Å². The van der Waals surface area contributed by atoms with Crippen molar-refractivity contribution in [2.24, 2.45) is 0 Å². The van der Waals surface area contributed by atoms with Gasteiger partial charge in [-0.3, -0.25) is 9.36 Å². The summed E-state index contributed by atoms with van der Waals surface area (Å²) >= 11 is 0. The van der Waals surface area contributed by atoms with E-state index in [1.807, 2.05) is 21.1 Å². The summed E-state index contributed by atoms with van der Waals surface area (Å²) in [5, 5.41) is 0. The second kappa shape index (κ2) is 48.9. The van der Waals surface area contributed by atoms with Gasteiger partial charge in [-0.2, -0.15) is 0 Å². The minimum absolute atomic E-state index is 0.0318. The van der Waals surface area contributed by atoms with E-state index in [0.717, 1.165) is 32.1 Å². The van der Waals surface area contributed by atoms with Gasteiger partial charge in [-0.15, -0.1) is 0 Å². The molecule has 0 saturated heterocycles. The zero-order chi connectivity index (χ0) is 46.9. The van der Waals surface area contributed by atoms with E-state index in [2.05, 4.69) is 13.8 Å². The molecular weight excluding hydrogens is 818 g/mol. The summed E-state index contributed by atoms with van der Waals surface area (Å²) in [7, 11) is 1.38. The lowest BCUT2D eigenvalue weighted by Gasteiger charge is -2.28. The zero-order valence-corrected chi connectivity index (χ0v) is 44.7. The van der Waals surface area contributed by atoms with Crippen LogP contribution in [0.25, 0.3) is 0 Å². The Hall–Kier alpha value is -0.500. The first kappa shape index (κ1) is 63.5. The van der Waals surface area contributed by atoms with Gasteiger partial charge in [0.2, 0.25) is 0 Å². The Morgan fingerprint density at radius 3 is 1.03 bits per heavy atom. The molecule has 0 fully saturated rings. The molecule has 9 heteroatoms. The van der Waals surface area contributed by atoms with E-state index in [1.54, 1.807) is 0 Å². The highest BCUT2D eigenvalue weighted by molar-refractivity contribution is 7.45. The van der Waals surface area contributed by atoms with E-state index in [4.69, 9.17) is 18.5 Å². The second-order valence-electron chi connectivity index (χ2n) is 20.7. The number of rotatable bonds is 54. The summed E-state index contributed by atoms with van der Waals surface area (Å²) in [5.74, 6) is -0.324. The topological polar surface area (TPSA) is 94.1 Å². The number of ether oxygens (including phenoxy) is 2. The summed E-state index contributed by atoms with van der Waals surface area (Å²) in [4.78, 5) is 25.2. The molecule has 0 amide bonds.